The molecule has 2 heterocycles. The van der Waals surface area contributed by atoms with Crippen LogP contribution in [0.2, 0.25) is 0 Å². The van der Waals surface area contributed by atoms with E-state index in [2.05, 4.69) is 65.7 Å². The summed E-state index contributed by atoms with van der Waals surface area (Å²) in [6.07, 6.45) is 7.32. The molecule has 1 aromatic rings. The molecule has 0 bridgehead atoms. The molecule has 0 spiro atoms. The van der Waals surface area contributed by atoms with E-state index < -0.39 is 0 Å². The minimum absolute atomic E-state index is 0.340. The highest BCUT2D eigenvalue weighted by molar-refractivity contribution is 9.12. The number of hydrogen-bond donors (Lipinski definition) is 3. The van der Waals surface area contributed by atoms with Gasteiger partial charge in [0.15, 0.2) is 0 Å². The van der Waals surface area contributed by atoms with Crippen molar-refractivity contribution >= 4 is 31.9 Å². The Balaban J connectivity index is 1.76. The Morgan fingerprint density at radius 2 is 1.92 bits per heavy atom. The number of piperazine rings is 1. The van der Waals surface area contributed by atoms with Crippen molar-refractivity contribution in [2.24, 2.45) is 0 Å². The highest BCUT2D eigenvalue weighted by Crippen LogP contribution is 2.41. The van der Waals surface area contributed by atoms with E-state index >= 15 is 0 Å². The Hall–Kier alpha value is -0.820. The van der Waals surface area contributed by atoms with Crippen LogP contribution in [0.5, 0.6) is 5.75 Å². The summed E-state index contributed by atoms with van der Waals surface area (Å²) in [7, 11) is 0. The van der Waals surface area contributed by atoms with Crippen LogP contribution in [0.25, 0.3) is 0 Å². The number of hydrogen-bond acceptors (Lipinski definition) is 4. The van der Waals surface area contributed by atoms with Gasteiger partial charge in [0.2, 0.25) is 0 Å². The number of allylic oxidation sites excluding steroid dienone is 2. The summed E-state index contributed by atoms with van der Waals surface area (Å²) in [5.41, 5.74) is 4.06. The van der Waals surface area contributed by atoms with Crippen molar-refractivity contribution in [3.63, 3.8) is 0 Å². The second-order valence-corrected chi connectivity index (χ2v) is 8.68. The molecule has 6 heteroatoms. The van der Waals surface area contributed by atoms with Gasteiger partial charge in [0.1, 0.15) is 5.75 Å². The Morgan fingerprint density at radius 3 is 2.72 bits per heavy atom. The third-order valence-electron chi connectivity index (χ3n) is 5.53. The molecular formula is C19H23Br2N3O. The minimum Gasteiger partial charge on any atom is -0.507 e. The zero-order chi connectivity index (χ0) is 17.4. The Morgan fingerprint density at radius 1 is 1.12 bits per heavy atom. The Kier molecular flexibility index (Phi) is 5.23. The van der Waals surface area contributed by atoms with Gasteiger partial charge in [0, 0.05) is 48.9 Å². The monoisotopic (exact) mass is 467 g/mol. The average Bonchev–Trinajstić information content (AvgIpc) is 2.61. The first-order valence-electron chi connectivity index (χ1n) is 8.90. The molecule has 1 saturated heterocycles. The van der Waals surface area contributed by atoms with Crippen LogP contribution >= 0.6 is 31.9 Å². The standard InChI is InChI=1S/C19H23Br2N3O/c20-13-9-12-1-2-15-14(3-4-18(25)19(15)21)17(10-16(12)23-11-13)24-7-5-22-6-8-24/h3-4,9,11,16-17,22-23,25H,1-2,5-8,10H2. The number of rotatable bonds is 1. The summed E-state index contributed by atoms with van der Waals surface area (Å²) in [5, 5.41) is 17.2. The van der Waals surface area contributed by atoms with Crippen LogP contribution in [0.1, 0.15) is 30.0 Å². The molecule has 0 amide bonds. The third kappa shape index (κ3) is 3.54. The zero-order valence-electron chi connectivity index (χ0n) is 14.1. The Labute approximate surface area is 165 Å². The van der Waals surface area contributed by atoms with Crippen molar-refractivity contribution in [2.75, 3.05) is 26.2 Å². The van der Waals surface area contributed by atoms with E-state index in [1.54, 1.807) is 0 Å². The molecule has 1 aliphatic carbocycles. The molecule has 0 aromatic heterocycles. The summed E-state index contributed by atoms with van der Waals surface area (Å²) in [6.45, 7) is 4.20. The lowest BCUT2D eigenvalue weighted by atomic mass is 9.83. The first-order chi connectivity index (χ1) is 12.1. The number of nitrogens with zero attached hydrogens (tertiary/aromatic N) is 1. The van der Waals surface area contributed by atoms with Gasteiger partial charge in [-0.1, -0.05) is 6.07 Å². The van der Waals surface area contributed by atoms with Crippen molar-refractivity contribution in [1.29, 1.82) is 0 Å². The number of phenols is 1. The number of phenolic OH excluding ortho intramolecular Hbond substituents is 1. The first-order valence-corrected chi connectivity index (χ1v) is 10.5. The van der Waals surface area contributed by atoms with Gasteiger partial charge in [-0.15, -0.1) is 0 Å². The zero-order valence-corrected chi connectivity index (χ0v) is 17.2. The summed E-state index contributed by atoms with van der Waals surface area (Å²) >= 11 is 7.24. The number of nitrogens with one attached hydrogen (secondary N) is 2. The van der Waals surface area contributed by atoms with Crippen molar-refractivity contribution < 1.29 is 5.11 Å². The second-order valence-electron chi connectivity index (χ2n) is 6.97. The molecular weight excluding hydrogens is 446 g/mol. The van der Waals surface area contributed by atoms with Gasteiger partial charge in [0.25, 0.3) is 0 Å². The summed E-state index contributed by atoms with van der Waals surface area (Å²) in [6, 6.07) is 4.70. The van der Waals surface area contributed by atoms with Gasteiger partial charge in [-0.25, -0.2) is 0 Å². The number of aromatic hydroxyl groups is 1. The fraction of sp³-hybridized carbons (Fsp3) is 0.474. The lowest BCUT2D eigenvalue weighted by Gasteiger charge is -2.40. The van der Waals surface area contributed by atoms with Crippen LogP contribution in [0.4, 0.5) is 0 Å². The Bertz CT molecular complexity index is 726. The van der Waals surface area contributed by atoms with Crippen LogP contribution in [0.15, 0.2) is 38.9 Å². The lowest BCUT2D eigenvalue weighted by Crippen LogP contribution is -2.47. The number of benzene rings is 1. The van der Waals surface area contributed by atoms with E-state index in [0.717, 1.165) is 54.4 Å². The predicted molar refractivity (Wildman–Crippen MR) is 108 cm³/mol. The van der Waals surface area contributed by atoms with E-state index in [4.69, 9.17) is 0 Å². The molecule has 4 nitrogen and oxygen atoms in total. The van der Waals surface area contributed by atoms with Crippen LogP contribution < -0.4 is 10.6 Å². The molecule has 25 heavy (non-hydrogen) atoms. The molecule has 1 fully saturated rings. The molecule has 0 radical (unpaired) electrons. The smallest absolute Gasteiger partial charge is 0.130 e. The van der Waals surface area contributed by atoms with Crippen LogP contribution in [0.3, 0.4) is 0 Å². The molecule has 3 aliphatic rings. The lowest BCUT2D eigenvalue weighted by molar-refractivity contribution is 0.157. The SMILES string of the molecule is Oc1ccc2c(c1Br)CCC1=CC(Br)=CNC1CC2N1CCNCC1. The average molecular weight is 469 g/mol. The van der Waals surface area contributed by atoms with Gasteiger partial charge in [-0.2, -0.15) is 0 Å². The maximum absolute atomic E-state index is 10.2. The normalized spacial score (nSPS) is 27.1. The maximum Gasteiger partial charge on any atom is 0.130 e. The van der Waals surface area contributed by atoms with Crippen LogP contribution in [0, 0.1) is 0 Å². The summed E-state index contributed by atoms with van der Waals surface area (Å²) in [5.74, 6) is 0.340. The predicted octanol–water partition coefficient (Wildman–Crippen LogP) is 3.57. The molecule has 1 aromatic carbocycles. The molecule has 134 valence electrons. The van der Waals surface area contributed by atoms with E-state index in [-0.39, 0.29) is 0 Å². The molecule has 4 rings (SSSR count). The molecule has 0 saturated carbocycles. The largest absolute Gasteiger partial charge is 0.507 e. The van der Waals surface area contributed by atoms with Crippen molar-refractivity contribution in [2.45, 2.75) is 31.3 Å². The third-order valence-corrected chi connectivity index (χ3v) is 6.87. The fourth-order valence-electron chi connectivity index (χ4n) is 4.22. The molecule has 2 unspecified atom stereocenters. The van der Waals surface area contributed by atoms with Gasteiger partial charge < -0.3 is 15.7 Å². The molecule has 3 N–H and O–H groups in total. The minimum atomic E-state index is 0.340. The van der Waals surface area contributed by atoms with Gasteiger partial charge in [0.05, 0.1) is 4.47 Å². The summed E-state index contributed by atoms with van der Waals surface area (Å²) < 4.78 is 1.97. The van der Waals surface area contributed by atoms with Gasteiger partial charge in [-0.05, 0) is 80.0 Å². The molecule has 2 aliphatic heterocycles. The van der Waals surface area contributed by atoms with Crippen LogP contribution in [-0.4, -0.2) is 42.2 Å². The quantitative estimate of drug-likeness (QED) is 0.589. The first kappa shape index (κ1) is 17.6. The van der Waals surface area contributed by atoms with Gasteiger partial charge in [-0.3, -0.25) is 4.90 Å². The number of halogens is 2. The van der Waals surface area contributed by atoms with E-state index in [0.29, 0.717) is 17.8 Å². The highest BCUT2D eigenvalue weighted by Gasteiger charge is 2.32. The van der Waals surface area contributed by atoms with Crippen LogP contribution in [-0.2, 0) is 6.42 Å². The topological polar surface area (TPSA) is 47.5 Å². The molecule has 2 atom stereocenters. The summed E-state index contributed by atoms with van der Waals surface area (Å²) in [4.78, 5) is 2.59. The van der Waals surface area contributed by atoms with E-state index in [1.165, 1.54) is 16.7 Å². The fourth-order valence-corrected chi connectivity index (χ4v) is 5.21. The van der Waals surface area contributed by atoms with E-state index in [9.17, 15) is 5.11 Å². The maximum atomic E-state index is 10.2. The van der Waals surface area contributed by atoms with Gasteiger partial charge >= 0.3 is 0 Å². The number of dihydropyridines is 1. The van der Waals surface area contributed by atoms with Crippen molar-refractivity contribution in [1.82, 2.24) is 15.5 Å². The highest BCUT2D eigenvalue weighted by atomic mass is 79.9. The van der Waals surface area contributed by atoms with Crippen molar-refractivity contribution in [3.05, 3.63) is 50.1 Å². The van der Waals surface area contributed by atoms with E-state index in [1.807, 2.05) is 6.07 Å². The van der Waals surface area contributed by atoms with Crippen molar-refractivity contribution in [3.8, 4) is 5.75 Å². The second kappa shape index (κ2) is 7.43. The number of fused-ring (bicyclic) bond motifs is 2.